The highest BCUT2D eigenvalue weighted by molar-refractivity contribution is 7.93. The molecule has 0 bridgehead atoms. The summed E-state index contributed by atoms with van der Waals surface area (Å²) in [5, 5.41) is 4.88. The van der Waals surface area contributed by atoms with Crippen molar-refractivity contribution in [1.29, 1.82) is 0 Å². The van der Waals surface area contributed by atoms with Crippen molar-refractivity contribution in [2.45, 2.75) is 109 Å². The van der Waals surface area contributed by atoms with Gasteiger partial charge in [-0.2, -0.15) is 0 Å². The van der Waals surface area contributed by atoms with Crippen molar-refractivity contribution in [3.63, 3.8) is 0 Å². The number of likely N-dealkylation sites (tertiary alicyclic amines) is 1. The van der Waals surface area contributed by atoms with Gasteiger partial charge in [0.15, 0.2) is 5.13 Å². The Kier molecular flexibility index (Phi) is 14.5. The van der Waals surface area contributed by atoms with Crippen LogP contribution in [0.15, 0.2) is 46.8 Å². The molecule has 1 saturated heterocycles. The molecule has 13 nitrogen and oxygen atoms in total. The summed E-state index contributed by atoms with van der Waals surface area (Å²) in [6.07, 6.45) is 3.17. The van der Waals surface area contributed by atoms with Crippen molar-refractivity contribution in [3.8, 4) is 11.5 Å². The van der Waals surface area contributed by atoms with Gasteiger partial charge in [-0.1, -0.05) is 11.6 Å². The third-order valence-electron chi connectivity index (χ3n) is 8.72. The SMILES string of the molecule is COc1ccc(CN(c2nccs2)S(=O)(=O)c2cc(Cl)c(NCCC[C@H](C)N(C[C@@H]3CCCN3C(=O)OC(C)(C)C)C(=O)OC(C)(C)C)cc2F)c(OC)c1. The van der Waals surface area contributed by atoms with E-state index in [1.165, 1.54) is 20.4 Å². The average molecular weight is 826 g/mol. The molecular weight excluding hydrogens is 773 g/mol. The zero-order valence-corrected chi connectivity index (χ0v) is 35.4. The minimum absolute atomic E-state index is 0.00740. The Morgan fingerprint density at radius 3 is 2.42 bits per heavy atom. The number of carbonyl (C=O) groups excluding carboxylic acids is 2. The summed E-state index contributed by atoms with van der Waals surface area (Å²) in [6, 6.07) is 6.61. The maximum atomic E-state index is 15.8. The maximum Gasteiger partial charge on any atom is 0.410 e. The monoisotopic (exact) mass is 825 g/mol. The summed E-state index contributed by atoms with van der Waals surface area (Å²) in [5.41, 5.74) is -0.650. The summed E-state index contributed by atoms with van der Waals surface area (Å²) < 4.78 is 67.1. The van der Waals surface area contributed by atoms with E-state index in [2.05, 4.69) is 10.3 Å². The van der Waals surface area contributed by atoms with Crippen molar-refractivity contribution in [1.82, 2.24) is 14.8 Å². The quantitative estimate of drug-likeness (QED) is 0.148. The number of hydrogen-bond donors (Lipinski definition) is 1. The Morgan fingerprint density at radius 2 is 1.80 bits per heavy atom. The topological polar surface area (TPSA) is 140 Å². The molecular formula is C38H53ClFN5O8S2. The van der Waals surface area contributed by atoms with Gasteiger partial charge in [-0.3, -0.25) is 0 Å². The number of thiazole rings is 1. The number of sulfonamides is 1. The van der Waals surface area contributed by atoms with Gasteiger partial charge in [0.25, 0.3) is 10.0 Å². The van der Waals surface area contributed by atoms with Crippen LogP contribution in [0.4, 0.5) is 24.8 Å². The molecule has 1 aliphatic rings. The third kappa shape index (κ3) is 11.7. The van der Waals surface area contributed by atoms with Gasteiger partial charge in [0, 0.05) is 48.9 Å². The number of benzene rings is 2. The van der Waals surface area contributed by atoms with Crippen LogP contribution < -0.4 is 19.1 Å². The van der Waals surface area contributed by atoms with Crippen LogP contribution in [0.3, 0.4) is 0 Å². The van der Waals surface area contributed by atoms with Crippen molar-refractivity contribution in [3.05, 3.63) is 58.3 Å². The largest absolute Gasteiger partial charge is 0.497 e. The molecule has 55 heavy (non-hydrogen) atoms. The van der Waals surface area contributed by atoms with Crippen molar-refractivity contribution in [2.24, 2.45) is 0 Å². The minimum atomic E-state index is -4.50. The molecule has 4 rings (SSSR count). The highest BCUT2D eigenvalue weighted by Gasteiger charge is 2.37. The molecule has 0 spiro atoms. The summed E-state index contributed by atoms with van der Waals surface area (Å²) >= 11 is 7.66. The van der Waals surface area contributed by atoms with Crippen LogP contribution in [0, 0.1) is 5.82 Å². The Hall–Kier alpha value is -4.02. The zero-order chi connectivity index (χ0) is 40.7. The van der Waals surface area contributed by atoms with E-state index in [0.717, 1.165) is 40.6 Å². The van der Waals surface area contributed by atoms with Crippen LogP contribution in [0.1, 0.15) is 79.7 Å². The number of anilines is 2. The first-order chi connectivity index (χ1) is 25.7. The third-order valence-corrected chi connectivity index (χ3v) is 11.7. The molecule has 0 radical (unpaired) electrons. The summed E-state index contributed by atoms with van der Waals surface area (Å²) in [6.45, 7) is 13.7. The fourth-order valence-electron chi connectivity index (χ4n) is 6.06. The number of halogens is 2. The number of rotatable bonds is 15. The number of hydrogen-bond acceptors (Lipinski definition) is 11. The van der Waals surface area contributed by atoms with Crippen LogP contribution in [-0.2, 0) is 26.0 Å². The lowest BCUT2D eigenvalue weighted by Crippen LogP contribution is -2.50. The van der Waals surface area contributed by atoms with E-state index >= 15 is 4.39 Å². The van der Waals surface area contributed by atoms with Gasteiger partial charge in [-0.15, -0.1) is 11.3 Å². The minimum Gasteiger partial charge on any atom is -0.497 e. The van der Waals surface area contributed by atoms with Crippen molar-refractivity contribution in [2.75, 3.05) is 43.5 Å². The van der Waals surface area contributed by atoms with Crippen LogP contribution >= 0.6 is 22.9 Å². The predicted molar refractivity (Wildman–Crippen MR) is 213 cm³/mol. The molecule has 2 amide bonds. The van der Waals surface area contributed by atoms with Crippen LogP contribution in [-0.4, -0.2) is 92.5 Å². The number of nitrogens with one attached hydrogen (secondary N) is 1. The molecule has 1 aliphatic heterocycles. The number of aromatic nitrogens is 1. The molecule has 2 aromatic carbocycles. The fraction of sp³-hybridized carbons (Fsp3) is 0.553. The molecule has 304 valence electrons. The number of amides is 2. The standard InChI is InChI=1S/C38H53ClFN5O8S2/c1-25(44(36(47)53-38(5,6)7)24-27-13-11-18-43(27)35(46)52-37(2,3)4)12-10-16-41-31-22-30(40)33(21-29(31)39)55(48,49)45(34-42-17-19-54-34)23-26-14-15-28(50-8)20-32(26)51-9/h14-15,17,19-22,25,27,41H,10-13,16,18,23-24H2,1-9H3/t25-,27-/m0/s1. The average Bonchev–Trinajstić information content (AvgIpc) is 3.80. The zero-order valence-electron chi connectivity index (χ0n) is 33.0. The second-order valence-electron chi connectivity index (χ2n) is 15.3. The predicted octanol–water partition coefficient (Wildman–Crippen LogP) is 8.57. The van der Waals surface area contributed by atoms with Gasteiger partial charge in [0.1, 0.15) is 33.4 Å². The lowest BCUT2D eigenvalue weighted by molar-refractivity contribution is 0.00247. The summed E-state index contributed by atoms with van der Waals surface area (Å²) in [4.78, 5) is 33.4. The fourth-order valence-corrected chi connectivity index (χ4v) is 8.69. The van der Waals surface area contributed by atoms with Gasteiger partial charge in [-0.25, -0.2) is 31.7 Å². The number of methoxy groups -OCH3 is 2. The van der Waals surface area contributed by atoms with E-state index in [0.29, 0.717) is 43.0 Å². The highest BCUT2D eigenvalue weighted by Crippen LogP contribution is 2.35. The molecule has 2 heterocycles. The van der Waals surface area contributed by atoms with E-state index in [1.54, 1.807) is 54.2 Å². The van der Waals surface area contributed by atoms with Gasteiger partial charge in [0.05, 0.1) is 37.5 Å². The molecule has 1 aromatic heterocycles. The molecule has 1 N–H and O–H groups in total. The maximum absolute atomic E-state index is 15.8. The lowest BCUT2D eigenvalue weighted by atomic mass is 10.1. The second kappa shape index (κ2) is 18.3. The highest BCUT2D eigenvalue weighted by atomic mass is 35.5. The molecule has 0 saturated carbocycles. The van der Waals surface area contributed by atoms with Crippen molar-refractivity contribution >= 4 is 56.0 Å². The lowest BCUT2D eigenvalue weighted by Gasteiger charge is -2.36. The molecule has 1 fully saturated rings. The van der Waals surface area contributed by atoms with Crippen molar-refractivity contribution < 1.29 is 41.3 Å². The van der Waals surface area contributed by atoms with Gasteiger partial charge in [0.2, 0.25) is 0 Å². The van der Waals surface area contributed by atoms with E-state index in [1.807, 2.05) is 27.7 Å². The molecule has 0 unspecified atom stereocenters. The van der Waals surface area contributed by atoms with E-state index in [4.69, 9.17) is 30.5 Å². The Balaban J connectivity index is 1.46. The first-order valence-corrected chi connectivity index (χ1v) is 20.8. The van der Waals surface area contributed by atoms with Crippen LogP contribution in [0.25, 0.3) is 0 Å². The first kappa shape index (κ1) is 43.7. The normalized spacial score (nSPS) is 15.3. The van der Waals surface area contributed by atoms with E-state index in [9.17, 15) is 18.0 Å². The van der Waals surface area contributed by atoms with Gasteiger partial charge >= 0.3 is 12.2 Å². The number of carbonyl (C=O) groups is 2. The molecule has 0 aliphatic carbocycles. The molecule has 17 heteroatoms. The van der Waals surface area contributed by atoms with Gasteiger partial charge < -0.3 is 34.1 Å². The van der Waals surface area contributed by atoms with E-state index in [-0.39, 0.29) is 41.0 Å². The summed E-state index contributed by atoms with van der Waals surface area (Å²) in [7, 11) is -1.54. The van der Waals surface area contributed by atoms with Gasteiger partial charge in [-0.05, 0) is 98.4 Å². The van der Waals surface area contributed by atoms with E-state index < -0.39 is 44.1 Å². The summed E-state index contributed by atoms with van der Waals surface area (Å²) in [5.74, 6) is -0.0829. The first-order valence-electron chi connectivity index (χ1n) is 18.1. The number of ether oxygens (including phenoxy) is 4. The number of nitrogens with zero attached hydrogens (tertiary/aromatic N) is 4. The Labute approximate surface area is 333 Å². The Bertz CT molecular complexity index is 1890. The molecule has 2 atom stereocenters. The second-order valence-corrected chi connectivity index (χ2v) is 18.4. The van der Waals surface area contributed by atoms with Crippen LogP contribution in [0.5, 0.6) is 11.5 Å². The van der Waals surface area contributed by atoms with Crippen LogP contribution in [0.2, 0.25) is 5.02 Å². The smallest absolute Gasteiger partial charge is 0.410 e. The molecule has 3 aromatic rings. The Morgan fingerprint density at radius 1 is 1.09 bits per heavy atom.